The summed E-state index contributed by atoms with van der Waals surface area (Å²) in [6.45, 7) is 1.47. The molecule has 4 rings (SSSR count). The summed E-state index contributed by atoms with van der Waals surface area (Å²) in [5, 5.41) is 5.33. The highest BCUT2D eigenvalue weighted by Crippen LogP contribution is 2.36. The minimum atomic E-state index is -4.57. The van der Waals surface area contributed by atoms with Gasteiger partial charge in [0.25, 0.3) is 5.91 Å². The number of amides is 1. The van der Waals surface area contributed by atoms with Crippen LogP contribution in [0.4, 0.5) is 24.5 Å². The lowest BCUT2D eigenvalue weighted by Crippen LogP contribution is -2.28. The zero-order valence-corrected chi connectivity index (χ0v) is 19.8. The van der Waals surface area contributed by atoms with Crippen LogP contribution in [-0.2, 0) is 6.18 Å². The fourth-order valence-electron chi connectivity index (χ4n) is 3.53. The van der Waals surface area contributed by atoms with Crippen LogP contribution in [0.3, 0.4) is 0 Å². The van der Waals surface area contributed by atoms with E-state index in [9.17, 15) is 18.0 Å². The highest BCUT2D eigenvalue weighted by Gasteiger charge is 2.33. The van der Waals surface area contributed by atoms with E-state index in [1.165, 1.54) is 12.3 Å². The van der Waals surface area contributed by atoms with Gasteiger partial charge in [-0.2, -0.15) is 13.2 Å². The highest BCUT2D eigenvalue weighted by atomic mass is 35.5. The minimum Gasteiger partial charge on any atom is -0.457 e. The van der Waals surface area contributed by atoms with Crippen molar-refractivity contribution in [2.45, 2.75) is 19.0 Å². The first-order valence-electron chi connectivity index (χ1n) is 10.7. The summed E-state index contributed by atoms with van der Waals surface area (Å²) < 4.78 is 45.0. The second-order valence-corrected chi connectivity index (χ2v) is 8.59. The van der Waals surface area contributed by atoms with Crippen LogP contribution < -0.4 is 15.4 Å². The summed E-state index contributed by atoms with van der Waals surface area (Å²) in [5.74, 6) is 0.882. The lowest BCUT2D eigenvalue weighted by Gasteiger charge is -2.15. The number of carbonyl (C=O) groups is 1. The molecule has 6 nitrogen and oxygen atoms in total. The Kier molecular flexibility index (Phi) is 7.42. The molecule has 1 aliphatic heterocycles. The van der Waals surface area contributed by atoms with Crippen LogP contribution in [0.15, 0.2) is 60.8 Å². The second-order valence-electron chi connectivity index (χ2n) is 7.77. The molecule has 1 fully saturated rings. The maximum absolute atomic E-state index is 13.0. The maximum atomic E-state index is 13.0. The van der Waals surface area contributed by atoms with Crippen LogP contribution in [0, 0.1) is 0 Å². The monoisotopic (exact) mass is 520 g/mol. The first-order valence-corrected chi connectivity index (χ1v) is 11.5. The van der Waals surface area contributed by atoms with E-state index in [-0.39, 0.29) is 21.7 Å². The Morgan fingerprint density at radius 2 is 1.63 bits per heavy atom. The molecule has 0 unspecified atom stereocenters. The van der Waals surface area contributed by atoms with E-state index in [0.717, 1.165) is 38.1 Å². The Hall–Kier alpha value is -3.37. The molecule has 0 bridgehead atoms. The number of anilines is 2. The molecule has 3 aromatic rings. The van der Waals surface area contributed by atoms with Crippen molar-refractivity contribution in [2.75, 3.05) is 23.7 Å². The third-order valence-corrected chi connectivity index (χ3v) is 5.76. The summed E-state index contributed by atoms with van der Waals surface area (Å²) >= 11 is 10.8. The van der Waals surface area contributed by atoms with E-state index >= 15 is 0 Å². The largest absolute Gasteiger partial charge is 0.457 e. The molecule has 182 valence electrons. The number of nitrogens with one attached hydrogen (secondary N) is 2. The molecule has 0 atom stereocenters. The molecule has 2 N–H and O–H groups in total. The van der Waals surface area contributed by atoms with Crippen LogP contribution in [0.25, 0.3) is 0 Å². The molecule has 2 aromatic carbocycles. The van der Waals surface area contributed by atoms with Crippen molar-refractivity contribution in [1.82, 2.24) is 9.88 Å². The van der Waals surface area contributed by atoms with Crippen molar-refractivity contribution in [2.24, 2.45) is 0 Å². The zero-order chi connectivity index (χ0) is 25.0. The van der Waals surface area contributed by atoms with Crippen molar-refractivity contribution in [3.8, 4) is 11.5 Å². The van der Waals surface area contributed by atoms with Crippen LogP contribution in [-0.4, -0.2) is 34.0 Å². The number of alkyl halides is 3. The number of rotatable bonds is 5. The second kappa shape index (κ2) is 10.5. The number of hydrogen-bond acceptors (Lipinski definition) is 4. The maximum Gasteiger partial charge on any atom is 0.417 e. The van der Waals surface area contributed by atoms with Gasteiger partial charge in [0.05, 0.1) is 10.6 Å². The van der Waals surface area contributed by atoms with Gasteiger partial charge in [0.1, 0.15) is 17.2 Å². The summed E-state index contributed by atoms with van der Waals surface area (Å²) in [7, 11) is 0. The number of likely N-dealkylation sites (tertiary alicyclic amines) is 1. The van der Waals surface area contributed by atoms with E-state index in [1.807, 2.05) is 0 Å². The van der Waals surface area contributed by atoms with Crippen LogP contribution in [0.5, 0.6) is 11.5 Å². The molecule has 1 saturated heterocycles. The SMILES string of the molecule is O=C(c1cc(Oc2ccc(NC(=S)Nc3ccc(Cl)c(C(F)(F)F)c3)cc2)ccn1)N1CCCC1. The predicted octanol–water partition coefficient (Wildman–Crippen LogP) is 6.59. The Labute approximate surface area is 210 Å². The van der Waals surface area contributed by atoms with Gasteiger partial charge in [-0.25, -0.2) is 0 Å². The zero-order valence-electron chi connectivity index (χ0n) is 18.2. The van der Waals surface area contributed by atoms with E-state index in [4.69, 9.17) is 28.6 Å². The first-order chi connectivity index (χ1) is 16.7. The summed E-state index contributed by atoms with van der Waals surface area (Å²) in [6.07, 6.45) is -1.05. The van der Waals surface area contributed by atoms with E-state index in [0.29, 0.717) is 22.9 Å². The lowest BCUT2D eigenvalue weighted by atomic mass is 10.2. The normalized spacial score (nSPS) is 13.4. The number of ether oxygens (including phenoxy) is 1. The molecule has 0 aliphatic carbocycles. The van der Waals surface area contributed by atoms with Crippen molar-refractivity contribution in [1.29, 1.82) is 0 Å². The van der Waals surface area contributed by atoms with Crippen molar-refractivity contribution < 1.29 is 22.7 Å². The summed E-state index contributed by atoms with van der Waals surface area (Å²) in [5.41, 5.74) is 0.125. The number of halogens is 4. The number of carbonyl (C=O) groups excluding carboxylic acids is 1. The van der Waals surface area contributed by atoms with Gasteiger partial charge in [-0.3, -0.25) is 9.78 Å². The molecule has 2 heterocycles. The molecule has 0 saturated carbocycles. The molecular formula is C24H20ClF3N4O2S. The van der Waals surface area contributed by atoms with E-state index < -0.39 is 11.7 Å². The Morgan fingerprint density at radius 1 is 0.971 bits per heavy atom. The van der Waals surface area contributed by atoms with Crippen LogP contribution >= 0.6 is 23.8 Å². The van der Waals surface area contributed by atoms with Gasteiger partial charge in [0.15, 0.2) is 5.11 Å². The van der Waals surface area contributed by atoms with E-state index in [2.05, 4.69) is 15.6 Å². The first kappa shape index (κ1) is 24.7. The summed E-state index contributed by atoms with van der Waals surface area (Å²) in [6, 6.07) is 13.5. The smallest absolute Gasteiger partial charge is 0.417 e. The van der Waals surface area contributed by atoms with Gasteiger partial charge < -0.3 is 20.3 Å². The average molecular weight is 521 g/mol. The molecule has 1 aliphatic rings. The Bertz CT molecular complexity index is 1230. The number of nitrogens with zero attached hydrogens (tertiary/aromatic N) is 2. The fourth-order valence-corrected chi connectivity index (χ4v) is 3.99. The van der Waals surface area contributed by atoms with Gasteiger partial charge in [-0.1, -0.05) is 11.6 Å². The van der Waals surface area contributed by atoms with Crippen molar-refractivity contribution in [3.63, 3.8) is 0 Å². The van der Waals surface area contributed by atoms with Crippen LogP contribution in [0.2, 0.25) is 5.02 Å². The van der Waals surface area contributed by atoms with Gasteiger partial charge >= 0.3 is 6.18 Å². The molecule has 1 amide bonds. The predicted molar refractivity (Wildman–Crippen MR) is 132 cm³/mol. The molecule has 0 radical (unpaired) electrons. The number of thiocarbonyl (C=S) groups is 1. The molecule has 0 spiro atoms. The summed E-state index contributed by atoms with van der Waals surface area (Å²) in [4.78, 5) is 18.5. The van der Waals surface area contributed by atoms with Crippen molar-refractivity contribution in [3.05, 3.63) is 77.1 Å². The Morgan fingerprint density at radius 3 is 2.31 bits per heavy atom. The van der Waals surface area contributed by atoms with Gasteiger partial charge in [-0.15, -0.1) is 0 Å². The molecule has 1 aromatic heterocycles. The van der Waals surface area contributed by atoms with Gasteiger partial charge in [0, 0.05) is 36.7 Å². The molecule has 11 heteroatoms. The third-order valence-electron chi connectivity index (χ3n) is 5.22. The van der Waals surface area contributed by atoms with Crippen molar-refractivity contribution >= 4 is 46.2 Å². The Balaban J connectivity index is 1.36. The third kappa shape index (κ3) is 6.40. The molecular weight excluding hydrogens is 501 g/mol. The van der Waals surface area contributed by atoms with Crippen LogP contribution in [0.1, 0.15) is 28.9 Å². The number of aromatic nitrogens is 1. The number of pyridine rings is 1. The number of hydrogen-bond donors (Lipinski definition) is 2. The standard InChI is InChI=1S/C24H20ClF3N4O2S/c25-20-8-5-16(13-19(20)24(26,27)28)31-23(35)30-15-3-6-17(7-4-15)34-18-9-10-29-21(14-18)22(33)32-11-1-2-12-32/h3-10,13-14H,1-2,11-12H2,(H2,30,31,35). The topological polar surface area (TPSA) is 66.5 Å². The minimum absolute atomic E-state index is 0.105. The number of benzene rings is 2. The fraction of sp³-hybridized carbons (Fsp3) is 0.208. The van der Waals surface area contributed by atoms with Gasteiger partial charge in [-0.05, 0) is 73.6 Å². The van der Waals surface area contributed by atoms with Gasteiger partial charge in [0.2, 0.25) is 0 Å². The van der Waals surface area contributed by atoms with E-state index in [1.54, 1.807) is 41.3 Å². The average Bonchev–Trinajstić information content (AvgIpc) is 3.36. The highest BCUT2D eigenvalue weighted by molar-refractivity contribution is 7.80. The lowest BCUT2D eigenvalue weighted by molar-refractivity contribution is -0.137. The molecule has 35 heavy (non-hydrogen) atoms. The quantitative estimate of drug-likeness (QED) is 0.370.